The first-order valence-electron chi connectivity index (χ1n) is 6.56. The van der Waals surface area contributed by atoms with E-state index >= 15 is 0 Å². The summed E-state index contributed by atoms with van der Waals surface area (Å²) in [5.41, 5.74) is 2.92. The molecule has 0 aliphatic carbocycles. The second kappa shape index (κ2) is 6.17. The maximum Gasteiger partial charge on any atom is 0.273 e. The fourth-order valence-corrected chi connectivity index (χ4v) is 1.94. The molecule has 5 heteroatoms. The highest BCUT2D eigenvalue weighted by molar-refractivity contribution is 5.94. The van der Waals surface area contributed by atoms with Crippen LogP contribution >= 0.6 is 0 Å². The van der Waals surface area contributed by atoms with Crippen LogP contribution in [0.25, 0.3) is 0 Å². The Balaban J connectivity index is 2.08. The summed E-state index contributed by atoms with van der Waals surface area (Å²) in [6.07, 6.45) is 0. The van der Waals surface area contributed by atoms with Gasteiger partial charge >= 0.3 is 0 Å². The van der Waals surface area contributed by atoms with Gasteiger partial charge in [-0.2, -0.15) is 0 Å². The number of aryl methyl sites for hydroxylation is 2. The fourth-order valence-electron chi connectivity index (χ4n) is 1.94. The summed E-state index contributed by atoms with van der Waals surface area (Å²) in [4.78, 5) is 22.4. The predicted molar refractivity (Wildman–Crippen MR) is 80.2 cm³/mol. The first-order valence-corrected chi connectivity index (χ1v) is 6.56. The van der Waals surface area contributed by atoms with Gasteiger partial charge in [0.05, 0.1) is 4.92 Å². The van der Waals surface area contributed by atoms with Gasteiger partial charge < -0.3 is 5.32 Å². The van der Waals surface area contributed by atoms with Crippen molar-refractivity contribution in [3.8, 4) is 0 Å². The Bertz CT molecular complexity index is 678. The minimum atomic E-state index is -0.480. The summed E-state index contributed by atoms with van der Waals surface area (Å²) in [5.74, 6) is -0.321. The molecule has 0 saturated heterocycles. The molecule has 2 aromatic rings. The molecule has 0 aromatic heterocycles. The van der Waals surface area contributed by atoms with Crippen molar-refractivity contribution in [3.05, 3.63) is 74.8 Å². The average molecular weight is 284 g/mol. The van der Waals surface area contributed by atoms with Gasteiger partial charge in [-0.05, 0) is 25.5 Å². The molecular weight excluding hydrogens is 268 g/mol. The second-order valence-electron chi connectivity index (χ2n) is 4.93. The van der Waals surface area contributed by atoms with E-state index in [4.69, 9.17) is 0 Å². The molecule has 0 atom stereocenters. The molecule has 0 radical (unpaired) electrons. The molecule has 5 nitrogen and oxygen atoms in total. The number of nitro groups is 1. The van der Waals surface area contributed by atoms with Gasteiger partial charge in [-0.15, -0.1) is 0 Å². The highest BCUT2D eigenvalue weighted by atomic mass is 16.6. The molecule has 108 valence electrons. The Hall–Kier alpha value is -2.69. The van der Waals surface area contributed by atoms with Crippen molar-refractivity contribution in [1.29, 1.82) is 0 Å². The topological polar surface area (TPSA) is 72.2 Å². The van der Waals surface area contributed by atoms with Crippen LogP contribution in [0.15, 0.2) is 42.5 Å². The van der Waals surface area contributed by atoms with Crippen molar-refractivity contribution in [2.45, 2.75) is 20.4 Å². The monoisotopic (exact) mass is 284 g/mol. The van der Waals surface area contributed by atoms with E-state index in [-0.39, 0.29) is 11.6 Å². The SMILES string of the molecule is Cc1ccc(CNC(=O)c2ccc(C)c([N+](=O)[O-])c2)cc1. The summed E-state index contributed by atoms with van der Waals surface area (Å²) in [5, 5.41) is 13.6. The third-order valence-electron chi connectivity index (χ3n) is 3.24. The molecule has 2 rings (SSSR count). The largest absolute Gasteiger partial charge is 0.348 e. The van der Waals surface area contributed by atoms with Crippen molar-refractivity contribution in [2.75, 3.05) is 0 Å². The highest BCUT2D eigenvalue weighted by Gasteiger charge is 2.14. The molecule has 0 spiro atoms. The van der Waals surface area contributed by atoms with Crippen molar-refractivity contribution in [3.63, 3.8) is 0 Å². The van der Waals surface area contributed by atoms with E-state index in [1.807, 2.05) is 31.2 Å². The lowest BCUT2D eigenvalue weighted by atomic mass is 10.1. The van der Waals surface area contributed by atoms with E-state index in [0.717, 1.165) is 11.1 Å². The minimum absolute atomic E-state index is 0.0435. The molecule has 0 heterocycles. The molecule has 21 heavy (non-hydrogen) atoms. The van der Waals surface area contributed by atoms with Gasteiger partial charge in [0.1, 0.15) is 0 Å². The van der Waals surface area contributed by atoms with Crippen molar-refractivity contribution in [2.24, 2.45) is 0 Å². The highest BCUT2D eigenvalue weighted by Crippen LogP contribution is 2.19. The van der Waals surface area contributed by atoms with Crippen LogP contribution in [0.5, 0.6) is 0 Å². The lowest BCUT2D eigenvalue weighted by molar-refractivity contribution is -0.385. The van der Waals surface area contributed by atoms with E-state index in [9.17, 15) is 14.9 Å². The second-order valence-corrected chi connectivity index (χ2v) is 4.93. The number of amides is 1. The molecule has 0 bridgehead atoms. The van der Waals surface area contributed by atoms with Crippen LogP contribution in [-0.2, 0) is 6.54 Å². The van der Waals surface area contributed by atoms with Crippen LogP contribution in [0, 0.1) is 24.0 Å². The molecule has 0 aliphatic heterocycles. The van der Waals surface area contributed by atoms with E-state index in [1.165, 1.54) is 6.07 Å². The first-order chi connectivity index (χ1) is 9.97. The summed E-state index contributed by atoms with van der Waals surface area (Å²) in [6, 6.07) is 12.3. The summed E-state index contributed by atoms with van der Waals surface area (Å²) in [7, 11) is 0. The summed E-state index contributed by atoms with van der Waals surface area (Å²) < 4.78 is 0. The molecule has 0 fully saturated rings. The minimum Gasteiger partial charge on any atom is -0.348 e. The number of benzene rings is 2. The number of nitro benzene ring substituents is 1. The normalized spacial score (nSPS) is 10.2. The molecule has 0 unspecified atom stereocenters. The Labute approximate surface area is 122 Å². The van der Waals surface area contributed by atoms with Gasteiger partial charge in [0, 0.05) is 23.7 Å². The van der Waals surface area contributed by atoms with E-state index in [2.05, 4.69) is 5.32 Å². The first kappa shape index (κ1) is 14.7. The van der Waals surface area contributed by atoms with E-state index in [1.54, 1.807) is 19.1 Å². The van der Waals surface area contributed by atoms with Crippen LogP contribution in [0.3, 0.4) is 0 Å². The van der Waals surface area contributed by atoms with Gasteiger partial charge in [-0.1, -0.05) is 35.9 Å². The molecule has 2 aromatic carbocycles. The van der Waals surface area contributed by atoms with Gasteiger partial charge in [0.15, 0.2) is 0 Å². The third kappa shape index (κ3) is 3.66. The average Bonchev–Trinajstić information content (AvgIpc) is 2.46. The maximum absolute atomic E-state index is 12.0. The predicted octanol–water partition coefficient (Wildman–Crippen LogP) is 3.14. The zero-order valence-corrected chi connectivity index (χ0v) is 11.9. The lowest BCUT2D eigenvalue weighted by Crippen LogP contribution is -2.22. The maximum atomic E-state index is 12.0. The molecule has 1 N–H and O–H groups in total. The molecule has 0 aliphatic rings. The van der Waals surface area contributed by atoms with Gasteiger partial charge in [0.25, 0.3) is 11.6 Å². The number of hydrogen-bond acceptors (Lipinski definition) is 3. The Morgan fingerprint density at radius 3 is 2.43 bits per heavy atom. The van der Waals surface area contributed by atoms with E-state index in [0.29, 0.717) is 17.7 Å². The zero-order valence-electron chi connectivity index (χ0n) is 11.9. The lowest BCUT2D eigenvalue weighted by Gasteiger charge is -2.06. The van der Waals surface area contributed by atoms with E-state index < -0.39 is 4.92 Å². The molecular formula is C16H16N2O3. The number of hydrogen-bond donors (Lipinski definition) is 1. The van der Waals surface area contributed by atoms with Gasteiger partial charge in [-0.25, -0.2) is 0 Å². The number of carbonyl (C=O) groups excluding carboxylic acids is 1. The fraction of sp³-hybridized carbons (Fsp3) is 0.188. The van der Waals surface area contributed by atoms with Crippen molar-refractivity contribution >= 4 is 11.6 Å². The van der Waals surface area contributed by atoms with Crippen molar-refractivity contribution < 1.29 is 9.72 Å². The quantitative estimate of drug-likeness (QED) is 0.692. The Morgan fingerprint density at radius 1 is 1.14 bits per heavy atom. The summed E-state index contributed by atoms with van der Waals surface area (Å²) in [6.45, 7) is 4.03. The van der Waals surface area contributed by atoms with Gasteiger partial charge in [-0.3, -0.25) is 14.9 Å². The smallest absolute Gasteiger partial charge is 0.273 e. The van der Waals surface area contributed by atoms with Crippen LogP contribution in [-0.4, -0.2) is 10.8 Å². The van der Waals surface area contributed by atoms with Crippen LogP contribution in [0.4, 0.5) is 5.69 Å². The number of rotatable bonds is 4. The number of nitrogens with zero attached hydrogens (tertiary/aromatic N) is 1. The number of carbonyl (C=O) groups is 1. The van der Waals surface area contributed by atoms with Gasteiger partial charge in [0.2, 0.25) is 0 Å². The molecule has 1 amide bonds. The number of nitrogens with one attached hydrogen (secondary N) is 1. The van der Waals surface area contributed by atoms with Crippen LogP contribution < -0.4 is 5.32 Å². The zero-order chi connectivity index (χ0) is 15.4. The Kier molecular flexibility index (Phi) is 4.33. The standard InChI is InChI=1S/C16H16N2O3/c1-11-3-6-13(7-4-11)10-17-16(19)14-8-5-12(2)15(9-14)18(20)21/h3-9H,10H2,1-2H3,(H,17,19). The Morgan fingerprint density at radius 2 is 1.81 bits per heavy atom. The summed E-state index contributed by atoms with van der Waals surface area (Å²) >= 11 is 0. The molecule has 0 saturated carbocycles. The van der Waals surface area contributed by atoms with Crippen molar-refractivity contribution in [1.82, 2.24) is 5.32 Å². The van der Waals surface area contributed by atoms with Crippen LogP contribution in [0.2, 0.25) is 0 Å². The van der Waals surface area contributed by atoms with Crippen LogP contribution in [0.1, 0.15) is 27.0 Å². The third-order valence-corrected chi connectivity index (χ3v) is 3.24.